The summed E-state index contributed by atoms with van der Waals surface area (Å²) in [7, 11) is 2.56. The van der Waals surface area contributed by atoms with Crippen LogP contribution in [0, 0.1) is 0 Å². The minimum Gasteiger partial charge on any atom is -0.504 e. The van der Waals surface area contributed by atoms with Crippen LogP contribution in [0.3, 0.4) is 0 Å². The van der Waals surface area contributed by atoms with Crippen LogP contribution in [-0.2, 0) is 15.8 Å². The van der Waals surface area contributed by atoms with Gasteiger partial charge in [0.25, 0.3) is 11.1 Å². The number of halogens is 4. The maximum atomic E-state index is 13.0. The largest absolute Gasteiger partial charge is 0.504 e. The first kappa shape index (κ1) is 25.4. The van der Waals surface area contributed by atoms with Gasteiger partial charge in [0, 0.05) is 4.47 Å². The van der Waals surface area contributed by atoms with Crippen LogP contribution in [0.25, 0.3) is 6.08 Å². The van der Waals surface area contributed by atoms with Crippen molar-refractivity contribution in [2.75, 3.05) is 26.1 Å². The lowest BCUT2D eigenvalue weighted by molar-refractivity contribution is -0.137. The molecule has 0 unspecified atom stereocenters. The number of ether oxygens (including phenoxy) is 2. The Bertz CT molecular complexity index is 1200. The fourth-order valence-electron chi connectivity index (χ4n) is 2.93. The molecule has 2 aromatic carbocycles. The molecule has 1 fully saturated rings. The Morgan fingerprint density at radius 2 is 1.85 bits per heavy atom. The van der Waals surface area contributed by atoms with Crippen molar-refractivity contribution in [3.05, 3.63) is 50.8 Å². The number of hydrogen-bond acceptors (Lipinski definition) is 7. The standard InChI is InChI=1S/C21H16BrF3N2O6S/c1-32-15-4-3-11(21(23,24)25)7-13(15)26-18(29)9-27-19(30)17(34-20(27)31)6-10-5-16(33-2)14(28)8-12(10)22/h3-8,28H,9H2,1-2H3,(H,26,29)/b17-6-. The first-order chi connectivity index (χ1) is 15.9. The monoisotopic (exact) mass is 560 g/mol. The predicted octanol–water partition coefficient (Wildman–Crippen LogP) is 4.87. The third-order valence-corrected chi connectivity index (χ3v) is 6.16. The number of benzene rings is 2. The number of imide groups is 1. The molecule has 0 aliphatic carbocycles. The number of rotatable bonds is 6. The fraction of sp³-hybridized carbons (Fsp3) is 0.190. The molecule has 0 aromatic heterocycles. The Kier molecular flexibility index (Phi) is 7.46. The number of hydrogen-bond donors (Lipinski definition) is 2. The van der Waals surface area contributed by atoms with E-state index in [2.05, 4.69) is 21.2 Å². The molecule has 0 spiro atoms. The number of anilines is 1. The molecular formula is C21H16BrF3N2O6S. The van der Waals surface area contributed by atoms with Crippen molar-refractivity contribution in [2.45, 2.75) is 6.18 Å². The maximum Gasteiger partial charge on any atom is 0.416 e. The van der Waals surface area contributed by atoms with Gasteiger partial charge < -0.3 is 19.9 Å². The number of carbonyl (C=O) groups excluding carboxylic acids is 3. The van der Waals surface area contributed by atoms with Gasteiger partial charge in [0.1, 0.15) is 12.3 Å². The minimum atomic E-state index is -4.64. The zero-order valence-electron chi connectivity index (χ0n) is 17.5. The number of aromatic hydroxyl groups is 1. The molecule has 0 bridgehead atoms. The average Bonchev–Trinajstić information content (AvgIpc) is 3.02. The zero-order valence-corrected chi connectivity index (χ0v) is 19.9. The van der Waals surface area contributed by atoms with Crippen molar-refractivity contribution in [2.24, 2.45) is 0 Å². The Hall–Kier alpha value is -3.19. The quantitative estimate of drug-likeness (QED) is 0.486. The van der Waals surface area contributed by atoms with Gasteiger partial charge in [-0.3, -0.25) is 19.3 Å². The van der Waals surface area contributed by atoms with Crippen LogP contribution in [0.15, 0.2) is 39.7 Å². The number of carbonyl (C=O) groups is 3. The highest BCUT2D eigenvalue weighted by atomic mass is 79.9. The van der Waals surface area contributed by atoms with Crippen LogP contribution in [0.5, 0.6) is 17.2 Å². The summed E-state index contributed by atoms with van der Waals surface area (Å²) in [6, 6.07) is 5.34. The molecule has 0 atom stereocenters. The van der Waals surface area contributed by atoms with Crippen LogP contribution in [-0.4, -0.2) is 47.8 Å². The molecular weight excluding hydrogens is 545 g/mol. The van der Waals surface area contributed by atoms with Crippen LogP contribution < -0.4 is 14.8 Å². The minimum absolute atomic E-state index is 0.00268. The van der Waals surface area contributed by atoms with E-state index in [1.165, 1.54) is 32.4 Å². The van der Waals surface area contributed by atoms with Crippen LogP contribution in [0.2, 0.25) is 0 Å². The number of amides is 3. The van der Waals surface area contributed by atoms with Gasteiger partial charge in [0.05, 0.1) is 30.4 Å². The summed E-state index contributed by atoms with van der Waals surface area (Å²) in [6.07, 6.45) is -3.27. The van der Waals surface area contributed by atoms with Gasteiger partial charge in [0.15, 0.2) is 11.5 Å². The van der Waals surface area contributed by atoms with Crippen molar-refractivity contribution < 1.29 is 42.1 Å². The van der Waals surface area contributed by atoms with E-state index >= 15 is 0 Å². The molecule has 0 radical (unpaired) electrons. The van der Waals surface area contributed by atoms with E-state index in [9.17, 15) is 32.7 Å². The molecule has 1 aliphatic heterocycles. The molecule has 0 saturated carbocycles. The Labute approximate surface area is 203 Å². The molecule has 2 N–H and O–H groups in total. The van der Waals surface area contributed by atoms with Crippen LogP contribution >= 0.6 is 27.7 Å². The van der Waals surface area contributed by atoms with E-state index < -0.39 is 35.3 Å². The zero-order chi connectivity index (χ0) is 25.2. The van der Waals surface area contributed by atoms with Crippen molar-refractivity contribution >= 4 is 56.5 Å². The number of thioether (sulfide) groups is 1. The van der Waals surface area contributed by atoms with E-state index in [1.807, 2.05) is 0 Å². The van der Waals surface area contributed by atoms with Gasteiger partial charge in [-0.2, -0.15) is 13.2 Å². The predicted molar refractivity (Wildman–Crippen MR) is 122 cm³/mol. The highest BCUT2D eigenvalue weighted by Gasteiger charge is 2.37. The third kappa shape index (κ3) is 5.47. The molecule has 34 heavy (non-hydrogen) atoms. The maximum absolute atomic E-state index is 13.0. The van der Waals surface area contributed by atoms with Gasteiger partial charge in [-0.15, -0.1) is 0 Å². The van der Waals surface area contributed by atoms with E-state index in [0.29, 0.717) is 32.8 Å². The van der Waals surface area contributed by atoms with Crippen LogP contribution in [0.1, 0.15) is 11.1 Å². The van der Waals surface area contributed by atoms with E-state index in [0.717, 1.165) is 12.1 Å². The van der Waals surface area contributed by atoms with Crippen LogP contribution in [0.4, 0.5) is 23.7 Å². The summed E-state index contributed by atoms with van der Waals surface area (Å²) in [5, 5.41) is 11.3. The topological polar surface area (TPSA) is 105 Å². The summed E-state index contributed by atoms with van der Waals surface area (Å²) < 4.78 is 49.4. The van der Waals surface area contributed by atoms with Gasteiger partial charge >= 0.3 is 6.18 Å². The van der Waals surface area contributed by atoms with Crippen molar-refractivity contribution in [3.8, 4) is 17.2 Å². The lowest BCUT2D eigenvalue weighted by Crippen LogP contribution is -2.36. The lowest BCUT2D eigenvalue weighted by atomic mass is 10.1. The van der Waals surface area contributed by atoms with Gasteiger partial charge in [-0.25, -0.2) is 0 Å². The second-order valence-electron chi connectivity index (χ2n) is 6.77. The highest BCUT2D eigenvalue weighted by Crippen LogP contribution is 2.38. The number of nitrogens with zero attached hydrogens (tertiary/aromatic N) is 1. The summed E-state index contributed by atoms with van der Waals surface area (Å²) in [4.78, 5) is 38.2. The molecule has 8 nitrogen and oxygen atoms in total. The normalized spacial score (nSPS) is 15.1. The van der Waals surface area contributed by atoms with E-state index in [1.54, 1.807) is 0 Å². The Balaban J connectivity index is 1.79. The molecule has 1 heterocycles. The number of nitrogens with one attached hydrogen (secondary N) is 1. The lowest BCUT2D eigenvalue weighted by Gasteiger charge is -2.16. The number of alkyl halides is 3. The fourth-order valence-corrected chi connectivity index (χ4v) is 4.20. The van der Waals surface area contributed by atoms with E-state index in [-0.39, 0.29) is 27.8 Å². The Morgan fingerprint density at radius 1 is 1.18 bits per heavy atom. The van der Waals surface area contributed by atoms with Gasteiger partial charge in [-0.05, 0) is 53.7 Å². The molecule has 13 heteroatoms. The average molecular weight is 561 g/mol. The summed E-state index contributed by atoms with van der Waals surface area (Å²) in [5.41, 5.74) is -0.837. The SMILES string of the molecule is COc1cc(/C=C2\SC(=O)N(CC(=O)Nc3cc(C(F)(F)F)ccc3OC)C2=O)c(Br)cc1O. The molecule has 2 aromatic rings. The van der Waals surface area contributed by atoms with Gasteiger partial charge in [-0.1, -0.05) is 15.9 Å². The number of phenols is 1. The summed E-state index contributed by atoms with van der Waals surface area (Å²) >= 11 is 3.83. The second kappa shape index (κ2) is 9.97. The number of methoxy groups -OCH3 is 2. The molecule has 1 saturated heterocycles. The highest BCUT2D eigenvalue weighted by molar-refractivity contribution is 9.10. The summed E-state index contributed by atoms with van der Waals surface area (Å²) in [6.45, 7) is -0.721. The molecule has 3 rings (SSSR count). The summed E-state index contributed by atoms with van der Waals surface area (Å²) in [5.74, 6) is -1.68. The van der Waals surface area contributed by atoms with Crippen molar-refractivity contribution in [3.63, 3.8) is 0 Å². The number of phenolic OH excluding ortho intramolecular Hbond substituents is 1. The third-order valence-electron chi connectivity index (χ3n) is 4.56. The smallest absolute Gasteiger partial charge is 0.416 e. The first-order valence-electron chi connectivity index (χ1n) is 9.31. The van der Waals surface area contributed by atoms with E-state index in [4.69, 9.17) is 9.47 Å². The molecule has 180 valence electrons. The Morgan fingerprint density at radius 3 is 2.47 bits per heavy atom. The first-order valence-corrected chi connectivity index (χ1v) is 10.9. The molecule has 1 aliphatic rings. The second-order valence-corrected chi connectivity index (χ2v) is 8.62. The van der Waals surface area contributed by atoms with Crippen molar-refractivity contribution in [1.82, 2.24) is 4.90 Å². The van der Waals surface area contributed by atoms with Crippen molar-refractivity contribution in [1.29, 1.82) is 0 Å². The molecule has 3 amide bonds. The van der Waals surface area contributed by atoms with Gasteiger partial charge in [0.2, 0.25) is 5.91 Å².